The summed E-state index contributed by atoms with van der Waals surface area (Å²) in [5, 5.41) is 12.9. The summed E-state index contributed by atoms with van der Waals surface area (Å²) in [5.74, 6) is 0. The molecule has 0 bridgehead atoms. The molecule has 2 atom stereocenters. The van der Waals surface area contributed by atoms with Gasteiger partial charge in [0.25, 0.3) is 0 Å². The van der Waals surface area contributed by atoms with E-state index in [2.05, 4.69) is 57.4 Å². The van der Waals surface area contributed by atoms with Gasteiger partial charge in [-0.1, -0.05) is 5.21 Å². The molecule has 0 aromatic carbocycles. The lowest BCUT2D eigenvalue weighted by Crippen LogP contribution is -2.36. The Hall–Kier alpha value is -2.58. The molecule has 1 saturated heterocycles. The first-order chi connectivity index (χ1) is 12.6. The van der Waals surface area contributed by atoms with Crippen LogP contribution in [0, 0.1) is 6.92 Å². The standard InChI is InChI=1S/C18H24N8/c1-14-15(11-26(21-14)16-4-6-19-7-5-16)10-24-12-17(23(2)3)18(13-24)25-9-8-20-22-25/h4-9,11,17-18H,10,12-13H2,1-3H3/t17-,18+/m1/s1. The molecule has 0 spiro atoms. The van der Waals surface area contributed by atoms with Crippen LogP contribution in [0.15, 0.2) is 43.1 Å². The van der Waals surface area contributed by atoms with Crippen molar-refractivity contribution in [1.82, 2.24) is 39.6 Å². The third kappa shape index (κ3) is 3.25. The lowest BCUT2D eigenvalue weighted by molar-refractivity contribution is 0.237. The van der Waals surface area contributed by atoms with Crippen LogP contribution in [0.25, 0.3) is 5.69 Å². The van der Waals surface area contributed by atoms with E-state index in [-0.39, 0.29) is 0 Å². The summed E-state index contributed by atoms with van der Waals surface area (Å²) in [6, 6.07) is 4.65. The molecule has 136 valence electrons. The molecule has 3 aromatic rings. The summed E-state index contributed by atoms with van der Waals surface area (Å²) in [4.78, 5) is 8.82. The van der Waals surface area contributed by atoms with E-state index < -0.39 is 0 Å². The van der Waals surface area contributed by atoms with E-state index >= 15 is 0 Å². The zero-order chi connectivity index (χ0) is 18.1. The molecule has 0 aliphatic carbocycles. The van der Waals surface area contributed by atoms with Crippen LogP contribution in [0.2, 0.25) is 0 Å². The number of hydrogen-bond acceptors (Lipinski definition) is 6. The molecule has 4 heterocycles. The summed E-state index contributed by atoms with van der Waals surface area (Å²) in [6.45, 7) is 4.90. The van der Waals surface area contributed by atoms with Gasteiger partial charge in [0.05, 0.1) is 23.6 Å². The quantitative estimate of drug-likeness (QED) is 0.686. The van der Waals surface area contributed by atoms with E-state index in [1.807, 2.05) is 27.7 Å². The van der Waals surface area contributed by atoms with Crippen LogP contribution in [0.3, 0.4) is 0 Å². The minimum Gasteiger partial charge on any atom is -0.303 e. The Kier molecular flexibility index (Phi) is 4.52. The van der Waals surface area contributed by atoms with Crippen molar-refractivity contribution in [1.29, 1.82) is 0 Å². The molecule has 0 N–H and O–H groups in total. The van der Waals surface area contributed by atoms with Crippen LogP contribution in [0.5, 0.6) is 0 Å². The first-order valence-corrected chi connectivity index (χ1v) is 8.82. The maximum Gasteiger partial charge on any atom is 0.0831 e. The van der Waals surface area contributed by atoms with Crippen molar-refractivity contribution in [2.24, 2.45) is 0 Å². The highest BCUT2D eigenvalue weighted by molar-refractivity contribution is 5.30. The van der Waals surface area contributed by atoms with Crippen LogP contribution in [-0.2, 0) is 6.54 Å². The lowest BCUT2D eigenvalue weighted by Gasteiger charge is -2.24. The highest BCUT2D eigenvalue weighted by atomic mass is 15.5. The van der Waals surface area contributed by atoms with E-state index in [0.29, 0.717) is 12.1 Å². The minimum atomic E-state index is 0.308. The van der Waals surface area contributed by atoms with Gasteiger partial charge in [0.2, 0.25) is 0 Å². The number of aryl methyl sites for hydroxylation is 1. The highest BCUT2D eigenvalue weighted by Gasteiger charge is 2.36. The van der Waals surface area contributed by atoms with Crippen molar-refractivity contribution in [2.45, 2.75) is 25.6 Å². The van der Waals surface area contributed by atoms with E-state index in [9.17, 15) is 0 Å². The average molecular weight is 352 g/mol. The van der Waals surface area contributed by atoms with Crippen LogP contribution in [0.1, 0.15) is 17.3 Å². The van der Waals surface area contributed by atoms with Crippen molar-refractivity contribution < 1.29 is 0 Å². The lowest BCUT2D eigenvalue weighted by atomic mass is 10.1. The molecule has 4 rings (SSSR count). The predicted octanol–water partition coefficient (Wildman–Crippen LogP) is 1.15. The van der Waals surface area contributed by atoms with Gasteiger partial charge in [-0.25, -0.2) is 9.36 Å². The number of rotatable bonds is 5. The fourth-order valence-electron chi connectivity index (χ4n) is 3.66. The molecule has 8 heteroatoms. The van der Waals surface area contributed by atoms with Crippen molar-refractivity contribution >= 4 is 0 Å². The van der Waals surface area contributed by atoms with Gasteiger partial charge in [-0.05, 0) is 33.2 Å². The average Bonchev–Trinajstić information content (AvgIpc) is 3.36. The largest absolute Gasteiger partial charge is 0.303 e. The third-order valence-corrected chi connectivity index (χ3v) is 5.10. The van der Waals surface area contributed by atoms with Crippen molar-refractivity contribution in [3.63, 3.8) is 0 Å². The third-order valence-electron chi connectivity index (χ3n) is 5.10. The normalized spacial score (nSPS) is 20.9. The molecule has 3 aromatic heterocycles. The van der Waals surface area contributed by atoms with Gasteiger partial charge < -0.3 is 4.90 Å². The van der Waals surface area contributed by atoms with E-state index in [4.69, 9.17) is 0 Å². The number of likely N-dealkylation sites (tertiary alicyclic amines) is 1. The smallest absolute Gasteiger partial charge is 0.0831 e. The number of likely N-dealkylation sites (N-methyl/N-ethyl adjacent to an activating group) is 1. The maximum atomic E-state index is 4.67. The highest BCUT2D eigenvalue weighted by Crippen LogP contribution is 2.26. The predicted molar refractivity (Wildman–Crippen MR) is 97.9 cm³/mol. The summed E-state index contributed by atoms with van der Waals surface area (Å²) in [5.41, 5.74) is 3.34. The number of aromatic nitrogens is 6. The van der Waals surface area contributed by atoms with Gasteiger partial charge in [-0.2, -0.15) is 5.10 Å². The van der Waals surface area contributed by atoms with E-state index in [1.165, 1.54) is 5.56 Å². The van der Waals surface area contributed by atoms with Gasteiger partial charge >= 0.3 is 0 Å². The van der Waals surface area contributed by atoms with Crippen molar-refractivity contribution in [2.75, 3.05) is 27.2 Å². The van der Waals surface area contributed by atoms with Crippen LogP contribution >= 0.6 is 0 Å². The van der Waals surface area contributed by atoms with Gasteiger partial charge in [0.15, 0.2) is 0 Å². The van der Waals surface area contributed by atoms with E-state index in [1.54, 1.807) is 18.6 Å². The Morgan fingerprint density at radius 2 is 1.96 bits per heavy atom. The molecule has 0 unspecified atom stereocenters. The Bertz CT molecular complexity index is 839. The summed E-state index contributed by atoms with van der Waals surface area (Å²) >= 11 is 0. The second-order valence-corrected chi connectivity index (χ2v) is 7.07. The molecule has 0 radical (unpaired) electrons. The van der Waals surface area contributed by atoms with Crippen LogP contribution in [0.4, 0.5) is 0 Å². The molecule has 0 amide bonds. The maximum absolute atomic E-state index is 4.67. The Labute approximate surface area is 153 Å². The van der Waals surface area contributed by atoms with Gasteiger partial charge in [-0.15, -0.1) is 5.10 Å². The first kappa shape index (κ1) is 16.9. The van der Waals surface area contributed by atoms with E-state index in [0.717, 1.165) is 31.0 Å². The molecule has 1 aliphatic rings. The molecule has 26 heavy (non-hydrogen) atoms. The monoisotopic (exact) mass is 352 g/mol. The zero-order valence-electron chi connectivity index (χ0n) is 15.4. The van der Waals surface area contributed by atoms with Gasteiger partial charge in [-0.3, -0.25) is 9.88 Å². The molecule has 1 aliphatic heterocycles. The fraction of sp³-hybridized carbons (Fsp3) is 0.444. The molecular weight excluding hydrogens is 328 g/mol. The second-order valence-electron chi connectivity index (χ2n) is 7.07. The molecule has 0 saturated carbocycles. The van der Waals surface area contributed by atoms with Crippen LogP contribution < -0.4 is 0 Å². The molecular formula is C18H24N8. The van der Waals surface area contributed by atoms with Gasteiger partial charge in [0, 0.05) is 56.0 Å². The first-order valence-electron chi connectivity index (χ1n) is 8.82. The minimum absolute atomic E-state index is 0.308. The SMILES string of the molecule is Cc1nn(-c2ccncc2)cc1CN1C[C@@H](N(C)C)[C@@H](n2ccnn2)C1. The van der Waals surface area contributed by atoms with Gasteiger partial charge in [0.1, 0.15) is 0 Å². The summed E-state index contributed by atoms with van der Waals surface area (Å²) in [7, 11) is 4.26. The topological polar surface area (TPSA) is 67.9 Å². The van der Waals surface area contributed by atoms with Crippen LogP contribution in [-0.4, -0.2) is 72.8 Å². The second kappa shape index (κ2) is 6.97. The van der Waals surface area contributed by atoms with Crippen molar-refractivity contribution in [3.05, 3.63) is 54.4 Å². The number of hydrogen-bond donors (Lipinski definition) is 0. The Balaban J connectivity index is 1.52. The Morgan fingerprint density at radius 1 is 1.15 bits per heavy atom. The molecule has 1 fully saturated rings. The van der Waals surface area contributed by atoms with Crippen molar-refractivity contribution in [3.8, 4) is 5.69 Å². The summed E-state index contributed by atoms with van der Waals surface area (Å²) in [6.07, 6.45) is 9.40. The number of pyridine rings is 1. The number of nitrogens with zero attached hydrogens (tertiary/aromatic N) is 8. The summed E-state index contributed by atoms with van der Waals surface area (Å²) < 4.78 is 3.92. The zero-order valence-corrected chi connectivity index (χ0v) is 15.4. The fourth-order valence-corrected chi connectivity index (χ4v) is 3.66. The Morgan fingerprint density at radius 3 is 2.65 bits per heavy atom. The molecule has 8 nitrogen and oxygen atoms in total.